The van der Waals surface area contributed by atoms with Gasteiger partial charge in [-0.1, -0.05) is 39.7 Å². The molecule has 2 aromatic carbocycles. The van der Waals surface area contributed by atoms with E-state index in [1.165, 1.54) is 0 Å². The first-order valence-electron chi connectivity index (χ1n) is 6.32. The lowest BCUT2D eigenvalue weighted by Crippen LogP contribution is -1.97. The molecule has 0 saturated heterocycles. The summed E-state index contributed by atoms with van der Waals surface area (Å²) in [6.45, 7) is 0. The zero-order chi connectivity index (χ0) is 14.7. The van der Waals surface area contributed by atoms with E-state index >= 15 is 0 Å². The molecule has 0 aliphatic rings. The van der Waals surface area contributed by atoms with Crippen LogP contribution in [0.3, 0.4) is 0 Å². The zero-order valence-corrected chi connectivity index (χ0v) is 13.3. The summed E-state index contributed by atoms with van der Waals surface area (Å²) in [5.74, 6) is 0.553. The predicted molar refractivity (Wildman–Crippen MR) is 89.9 cm³/mol. The second-order valence-corrected chi connectivity index (χ2v) is 5.76. The molecule has 0 aliphatic heterocycles. The Balaban J connectivity index is 1.86. The van der Waals surface area contributed by atoms with Crippen LogP contribution in [0.15, 0.2) is 65.3 Å². The minimum atomic E-state index is 0.553. The molecule has 104 valence electrons. The first kappa shape index (κ1) is 14.0. The van der Waals surface area contributed by atoms with Crippen LogP contribution in [0.25, 0.3) is 11.3 Å². The van der Waals surface area contributed by atoms with E-state index < -0.39 is 0 Å². The maximum absolute atomic E-state index is 5.87. The van der Waals surface area contributed by atoms with Gasteiger partial charge in [-0.3, -0.25) is 0 Å². The van der Waals surface area contributed by atoms with Crippen molar-refractivity contribution >= 4 is 39.2 Å². The lowest BCUT2D eigenvalue weighted by Gasteiger charge is -2.07. The Morgan fingerprint density at radius 1 is 0.905 bits per heavy atom. The van der Waals surface area contributed by atoms with E-state index in [0.29, 0.717) is 11.0 Å². The van der Waals surface area contributed by atoms with Crippen LogP contribution in [-0.2, 0) is 0 Å². The summed E-state index contributed by atoms with van der Waals surface area (Å²) in [6.07, 6.45) is 1.74. The van der Waals surface area contributed by atoms with Crippen LogP contribution in [-0.4, -0.2) is 9.97 Å². The van der Waals surface area contributed by atoms with Crippen LogP contribution >= 0.6 is 27.5 Å². The van der Waals surface area contributed by atoms with Gasteiger partial charge in [0.25, 0.3) is 0 Å². The molecule has 0 bridgehead atoms. The van der Waals surface area contributed by atoms with E-state index in [0.717, 1.165) is 21.4 Å². The van der Waals surface area contributed by atoms with Gasteiger partial charge in [0.2, 0.25) is 5.95 Å². The number of hydrogen-bond donors (Lipinski definition) is 1. The highest BCUT2D eigenvalue weighted by atomic mass is 79.9. The number of aromatic nitrogens is 2. The summed E-state index contributed by atoms with van der Waals surface area (Å²) in [6, 6.07) is 17.3. The zero-order valence-electron chi connectivity index (χ0n) is 10.9. The highest BCUT2D eigenvalue weighted by Gasteiger charge is 2.03. The lowest BCUT2D eigenvalue weighted by atomic mass is 10.1. The summed E-state index contributed by atoms with van der Waals surface area (Å²) in [5.41, 5.74) is 2.81. The Morgan fingerprint density at radius 2 is 1.62 bits per heavy atom. The van der Waals surface area contributed by atoms with E-state index in [4.69, 9.17) is 11.6 Å². The van der Waals surface area contributed by atoms with Crippen molar-refractivity contribution in [1.29, 1.82) is 0 Å². The molecule has 1 aromatic heterocycles. The first-order valence-corrected chi connectivity index (χ1v) is 7.49. The van der Waals surface area contributed by atoms with Gasteiger partial charge in [0.15, 0.2) is 0 Å². The van der Waals surface area contributed by atoms with Gasteiger partial charge in [0.1, 0.15) is 0 Å². The standard InChI is InChI=1S/C16H11BrClN3/c17-12-3-1-11(2-4-12)15-9-10-19-16(21-15)20-14-7-5-13(18)6-8-14/h1-10H,(H,19,20,21). The molecule has 1 N–H and O–H groups in total. The second-order valence-electron chi connectivity index (χ2n) is 4.40. The number of nitrogens with one attached hydrogen (secondary N) is 1. The average Bonchev–Trinajstić information content (AvgIpc) is 2.51. The van der Waals surface area contributed by atoms with Gasteiger partial charge < -0.3 is 5.32 Å². The van der Waals surface area contributed by atoms with Crippen molar-refractivity contribution in [3.05, 3.63) is 70.3 Å². The smallest absolute Gasteiger partial charge is 0.227 e. The number of halogens is 2. The van der Waals surface area contributed by atoms with Gasteiger partial charge in [0, 0.05) is 26.9 Å². The highest BCUT2D eigenvalue weighted by molar-refractivity contribution is 9.10. The van der Waals surface area contributed by atoms with Crippen molar-refractivity contribution in [3.8, 4) is 11.3 Å². The molecule has 0 spiro atoms. The third-order valence-corrected chi connectivity index (χ3v) is 3.68. The van der Waals surface area contributed by atoms with Gasteiger partial charge in [-0.25, -0.2) is 9.97 Å². The van der Waals surface area contributed by atoms with E-state index in [1.807, 2.05) is 54.6 Å². The molecule has 3 rings (SSSR count). The molecule has 0 aliphatic carbocycles. The summed E-state index contributed by atoms with van der Waals surface area (Å²) in [4.78, 5) is 8.76. The van der Waals surface area contributed by atoms with E-state index in [1.54, 1.807) is 6.20 Å². The number of nitrogens with zero attached hydrogens (tertiary/aromatic N) is 2. The molecule has 0 amide bonds. The molecule has 0 atom stereocenters. The molecule has 0 unspecified atom stereocenters. The summed E-state index contributed by atoms with van der Waals surface area (Å²) >= 11 is 9.30. The van der Waals surface area contributed by atoms with Crippen molar-refractivity contribution in [2.45, 2.75) is 0 Å². The Bertz CT molecular complexity index is 742. The Morgan fingerprint density at radius 3 is 2.33 bits per heavy atom. The molecule has 3 aromatic rings. The summed E-state index contributed by atoms with van der Waals surface area (Å²) in [7, 11) is 0. The Kier molecular flexibility index (Phi) is 4.18. The maximum Gasteiger partial charge on any atom is 0.227 e. The van der Waals surface area contributed by atoms with Gasteiger partial charge in [-0.15, -0.1) is 0 Å². The Labute approximate surface area is 136 Å². The monoisotopic (exact) mass is 359 g/mol. The van der Waals surface area contributed by atoms with Gasteiger partial charge in [-0.2, -0.15) is 0 Å². The van der Waals surface area contributed by atoms with Crippen molar-refractivity contribution in [1.82, 2.24) is 9.97 Å². The average molecular weight is 361 g/mol. The van der Waals surface area contributed by atoms with Crippen molar-refractivity contribution in [2.24, 2.45) is 0 Å². The molecular weight excluding hydrogens is 350 g/mol. The Hall–Kier alpha value is -1.91. The van der Waals surface area contributed by atoms with E-state index in [9.17, 15) is 0 Å². The minimum absolute atomic E-state index is 0.553. The fourth-order valence-electron chi connectivity index (χ4n) is 1.86. The third-order valence-electron chi connectivity index (χ3n) is 2.90. The lowest BCUT2D eigenvalue weighted by molar-refractivity contribution is 1.17. The number of anilines is 2. The van der Waals surface area contributed by atoms with E-state index in [2.05, 4.69) is 31.2 Å². The largest absolute Gasteiger partial charge is 0.324 e. The topological polar surface area (TPSA) is 37.8 Å². The summed E-state index contributed by atoms with van der Waals surface area (Å²) < 4.78 is 1.04. The van der Waals surface area contributed by atoms with Gasteiger partial charge in [0.05, 0.1) is 5.69 Å². The van der Waals surface area contributed by atoms with Crippen LogP contribution in [0.4, 0.5) is 11.6 Å². The van der Waals surface area contributed by atoms with Crippen LogP contribution in [0, 0.1) is 0 Å². The molecule has 5 heteroatoms. The van der Waals surface area contributed by atoms with Crippen LogP contribution < -0.4 is 5.32 Å². The molecule has 21 heavy (non-hydrogen) atoms. The molecule has 0 fully saturated rings. The van der Waals surface area contributed by atoms with Crippen LogP contribution in [0.5, 0.6) is 0 Å². The molecule has 0 radical (unpaired) electrons. The van der Waals surface area contributed by atoms with Crippen LogP contribution in [0.1, 0.15) is 0 Å². The van der Waals surface area contributed by atoms with Gasteiger partial charge in [-0.05, 0) is 42.5 Å². The second kappa shape index (κ2) is 6.24. The van der Waals surface area contributed by atoms with Gasteiger partial charge >= 0.3 is 0 Å². The molecule has 3 nitrogen and oxygen atoms in total. The van der Waals surface area contributed by atoms with E-state index in [-0.39, 0.29) is 0 Å². The number of rotatable bonds is 3. The fourth-order valence-corrected chi connectivity index (χ4v) is 2.25. The van der Waals surface area contributed by atoms with Crippen molar-refractivity contribution in [3.63, 3.8) is 0 Å². The van der Waals surface area contributed by atoms with Crippen molar-refractivity contribution in [2.75, 3.05) is 5.32 Å². The molecular formula is C16H11BrClN3. The predicted octanol–water partition coefficient (Wildman–Crippen LogP) is 5.30. The summed E-state index contributed by atoms with van der Waals surface area (Å²) in [5, 5.41) is 3.86. The fraction of sp³-hybridized carbons (Fsp3) is 0. The number of hydrogen-bond acceptors (Lipinski definition) is 3. The normalized spacial score (nSPS) is 10.4. The highest BCUT2D eigenvalue weighted by Crippen LogP contribution is 2.22. The van der Waals surface area contributed by atoms with Crippen molar-refractivity contribution < 1.29 is 0 Å². The minimum Gasteiger partial charge on any atom is -0.324 e. The SMILES string of the molecule is Clc1ccc(Nc2nccc(-c3ccc(Br)cc3)n2)cc1. The first-order chi connectivity index (χ1) is 10.2. The third kappa shape index (κ3) is 3.60. The molecule has 1 heterocycles. The van der Waals surface area contributed by atoms with Crippen LogP contribution in [0.2, 0.25) is 5.02 Å². The maximum atomic E-state index is 5.87. The molecule has 0 saturated carbocycles. The quantitative estimate of drug-likeness (QED) is 0.688. The number of benzene rings is 2.